The number of hydrogen-bond donors (Lipinski definition) is 2. The van der Waals surface area contributed by atoms with E-state index in [1.807, 2.05) is 0 Å². The molecule has 2 N–H and O–H groups in total. The summed E-state index contributed by atoms with van der Waals surface area (Å²) in [5.74, 6) is -0.0508. The first-order valence-corrected chi connectivity index (χ1v) is 11.8. The predicted octanol–water partition coefficient (Wildman–Crippen LogP) is 3.69. The van der Waals surface area contributed by atoms with E-state index in [1.165, 1.54) is 52.8 Å². The molecule has 1 amide bonds. The third-order valence-electron chi connectivity index (χ3n) is 6.26. The Labute approximate surface area is 180 Å². The topological polar surface area (TPSA) is 95.9 Å². The second-order valence-corrected chi connectivity index (χ2v) is 9.95. The highest BCUT2D eigenvalue weighted by atomic mass is 32.2. The highest BCUT2D eigenvalue weighted by Crippen LogP contribution is 2.42. The molecule has 0 radical (unpaired) electrons. The zero-order chi connectivity index (χ0) is 22.0. The van der Waals surface area contributed by atoms with Gasteiger partial charge in [-0.3, -0.25) is 10.0 Å². The summed E-state index contributed by atoms with van der Waals surface area (Å²) in [6.07, 6.45) is 4.46. The zero-order valence-electron chi connectivity index (χ0n) is 16.9. The van der Waals surface area contributed by atoms with E-state index in [9.17, 15) is 22.8 Å². The van der Waals surface area contributed by atoms with Crippen molar-refractivity contribution in [3.05, 3.63) is 54.3 Å². The molecule has 7 nitrogen and oxygen atoms in total. The minimum Gasteiger partial charge on any atom is -0.457 e. The Morgan fingerprint density at radius 1 is 1.00 bits per heavy atom. The summed E-state index contributed by atoms with van der Waals surface area (Å²) in [5.41, 5.74) is 1.67. The van der Waals surface area contributed by atoms with Crippen LogP contribution in [0.5, 0.6) is 11.5 Å². The van der Waals surface area contributed by atoms with E-state index in [2.05, 4.69) is 0 Å². The van der Waals surface area contributed by atoms with Crippen LogP contribution in [0.25, 0.3) is 0 Å². The van der Waals surface area contributed by atoms with Crippen LogP contribution in [0.3, 0.4) is 0 Å². The molecule has 0 unspecified atom stereocenters. The van der Waals surface area contributed by atoms with E-state index in [1.54, 1.807) is 5.48 Å². The number of piperidine rings is 1. The highest BCUT2D eigenvalue weighted by Gasteiger charge is 2.47. The molecule has 1 saturated carbocycles. The van der Waals surface area contributed by atoms with Gasteiger partial charge in [0.05, 0.1) is 4.90 Å². The number of amides is 1. The van der Waals surface area contributed by atoms with E-state index in [4.69, 9.17) is 4.74 Å². The third kappa shape index (κ3) is 4.44. The van der Waals surface area contributed by atoms with Gasteiger partial charge < -0.3 is 4.74 Å². The van der Waals surface area contributed by atoms with Crippen molar-refractivity contribution in [1.82, 2.24) is 9.79 Å². The number of fused-ring (bicyclic) bond motifs is 1. The largest absolute Gasteiger partial charge is 0.457 e. The lowest BCUT2D eigenvalue weighted by molar-refractivity contribution is -0.138. The summed E-state index contributed by atoms with van der Waals surface area (Å²) in [5, 5.41) is 9.26. The number of carbonyl (C=O) groups excluding carboxylic acids is 1. The van der Waals surface area contributed by atoms with Crippen LogP contribution in [0.15, 0.2) is 53.4 Å². The number of benzene rings is 2. The molecule has 3 atom stereocenters. The molecule has 2 aromatic carbocycles. The molecular formula is C22H25FN2O5S. The van der Waals surface area contributed by atoms with Crippen molar-refractivity contribution in [3.63, 3.8) is 0 Å². The second-order valence-electron chi connectivity index (χ2n) is 8.06. The molecule has 0 spiro atoms. The molecule has 166 valence electrons. The number of rotatable bonds is 5. The SMILES string of the molecule is O=C(NO)[C@H]1[C@H]2CCCC[C@H]2CCN1S(=O)(=O)c1ccc(Oc2ccc(F)cc2)cc1. The maximum absolute atomic E-state index is 13.4. The number of halogens is 1. The van der Waals surface area contributed by atoms with Gasteiger partial charge in [0.1, 0.15) is 23.4 Å². The standard InChI is InChI=1S/C22H25FN2O5S/c23-16-5-7-17(8-6-16)30-18-9-11-19(12-10-18)31(28,29)25-14-13-15-3-1-2-4-20(15)21(25)22(26)24-27/h5-12,15,20-21,27H,1-4,13-14H2,(H,24,26)/t15-,20-,21+/m0/s1. The van der Waals surface area contributed by atoms with Crippen LogP contribution in [0.2, 0.25) is 0 Å². The van der Waals surface area contributed by atoms with Crippen LogP contribution in [0.4, 0.5) is 4.39 Å². The van der Waals surface area contributed by atoms with Gasteiger partial charge in [0.25, 0.3) is 5.91 Å². The van der Waals surface area contributed by atoms with Gasteiger partial charge in [-0.05, 0) is 73.2 Å². The lowest BCUT2D eigenvalue weighted by Gasteiger charge is -2.45. The minimum absolute atomic E-state index is 0.0453. The van der Waals surface area contributed by atoms with E-state index in [0.29, 0.717) is 17.9 Å². The fraction of sp³-hybridized carbons (Fsp3) is 0.409. The van der Waals surface area contributed by atoms with Crippen molar-refractivity contribution in [1.29, 1.82) is 0 Å². The molecule has 0 aromatic heterocycles. The smallest absolute Gasteiger partial charge is 0.262 e. The molecule has 2 fully saturated rings. The maximum atomic E-state index is 13.4. The van der Waals surface area contributed by atoms with E-state index < -0.39 is 22.0 Å². The van der Waals surface area contributed by atoms with E-state index >= 15 is 0 Å². The number of nitrogens with one attached hydrogen (secondary N) is 1. The molecule has 9 heteroatoms. The molecule has 31 heavy (non-hydrogen) atoms. The molecule has 0 bridgehead atoms. The Kier molecular flexibility index (Phi) is 6.27. The lowest BCUT2D eigenvalue weighted by Crippen LogP contribution is -2.58. The molecule has 2 aromatic rings. The lowest BCUT2D eigenvalue weighted by atomic mass is 9.71. The molecule has 4 rings (SSSR count). The minimum atomic E-state index is -3.96. The van der Waals surface area contributed by atoms with Crippen molar-refractivity contribution in [2.45, 2.75) is 43.0 Å². The quantitative estimate of drug-likeness (QED) is 0.537. The Morgan fingerprint density at radius 2 is 1.61 bits per heavy atom. The normalized spacial score (nSPS) is 24.3. The number of hydroxylamine groups is 1. The summed E-state index contributed by atoms with van der Waals surface area (Å²) < 4.78 is 46.6. The maximum Gasteiger partial charge on any atom is 0.262 e. The molecule has 2 aliphatic rings. The summed E-state index contributed by atoms with van der Waals surface area (Å²) in [7, 11) is -3.96. The number of carbonyl (C=O) groups is 1. The Bertz CT molecular complexity index is 1030. The van der Waals surface area contributed by atoms with Gasteiger partial charge in [0, 0.05) is 6.54 Å². The fourth-order valence-electron chi connectivity index (χ4n) is 4.77. The van der Waals surface area contributed by atoms with Crippen molar-refractivity contribution in [3.8, 4) is 11.5 Å². The Balaban J connectivity index is 1.57. The van der Waals surface area contributed by atoms with Crippen molar-refractivity contribution < 1.29 is 27.5 Å². The molecule has 1 aliphatic carbocycles. The first-order chi connectivity index (χ1) is 14.9. The first-order valence-electron chi connectivity index (χ1n) is 10.4. The summed E-state index contributed by atoms with van der Waals surface area (Å²) in [4.78, 5) is 12.5. The van der Waals surface area contributed by atoms with Crippen molar-refractivity contribution >= 4 is 15.9 Å². The van der Waals surface area contributed by atoms with Gasteiger partial charge >= 0.3 is 0 Å². The molecule has 1 aliphatic heterocycles. The first kappa shape index (κ1) is 21.7. The Morgan fingerprint density at radius 3 is 2.26 bits per heavy atom. The fourth-order valence-corrected chi connectivity index (χ4v) is 6.42. The van der Waals surface area contributed by atoms with Crippen molar-refractivity contribution in [2.24, 2.45) is 11.8 Å². The van der Waals surface area contributed by atoms with Gasteiger partial charge in [-0.2, -0.15) is 4.31 Å². The summed E-state index contributed by atoms with van der Waals surface area (Å²) in [6.45, 7) is 0.232. The van der Waals surface area contributed by atoms with Gasteiger partial charge in [0.15, 0.2) is 0 Å². The summed E-state index contributed by atoms with van der Waals surface area (Å²) in [6, 6.07) is 10.5. The third-order valence-corrected chi connectivity index (χ3v) is 8.16. The van der Waals surface area contributed by atoms with Crippen LogP contribution in [-0.4, -0.2) is 36.4 Å². The molecule has 1 heterocycles. The zero-order valence-corrected chi connectivity index (χ0v) is 17.7. The van der Waals surface area contributed by atoms with Gasteiger partial charge in [-0.1, -0.05) is 19.3 Å². The predicted molar refractivity (Wildman–Crippen MR) is 111 cm³/mol. The van der Waals surface area contributed by atoms with Crippen LogP contribution < -0.4 is 10.2 Å². The number of nitrogens with zero attached hydrogens (tertiary/aromatic N) is 1. The average Bonchev–Trinajstić information content (AvgIpc) is 2.79. The van der Waals surface area contributed by atoms with E-state index in [0.717, 1.165) is 25.7 Å². The highest BCUT2D eigenvalue weighted by molar-refractivity contribution is 7.89. The van der Waals surface area contributed by atoms with Gasteiger partial charge in [-0.25, -0.2) is 18.3 Å². The second kappa shape index (κ2) is 8.94. The number of hydrogen-bond acceptors (Lipinski definition) is 5. The van der Waals surface area contributed by atoms with Crippen LogP contribution >= 0.6 is 0 Å². The summed E-state index contributed by atoms with van der Waals surface area (Å²) >= 11 is 0. The van der Waals surface area contributed by atoms with Gasteiger partial charge in [0.2, 0.25) is 10.0 Å². The Hall–Kier alpha value is -2.49. The van der Waals surface area contributed by atoms with Crippen molar-refractivity contribution in [2.75, 3.05) is 6.54 Å². The van der Waals surface area contributed by atoms with Gasteiger partial charge in [-0.15, -0.1) is 0 Å². The molecule has 1 saturated heterocycles. The van der Waals surface area contributed by atoms with Crippen LogP contribution in [-0.2, 0) is 14.8 Å². The monoisotopic (exact) mass is 448 g/mol. The van der Waals surface area contributed by atoms with Crippen LogP contribution in [0.1, 0.15) is 32.1 Å². The average molecular weight is 449 g/mol. The van der Waals surface area contributed by atoms with E-state index in [-0.39, 0.29) is 29.1 Å². The number of sulfonamides is 1. The van der Waals surface area contributed by atoms with Crippen LogP contribution in [0, 0.1) is 17.7 Å². The molecular weight excluding hydrogens is 423 g/mol. The number of ether oxygens (including phenoxy) is 1.